The summed E-state index contributed by atoms with van der Waals surface area (Å²) in [6.45, 7) is 5.21. The monoisotopic (exact) mass is 345 g/mol. The third-order valence-corrected chi connectivity index (χ3v) is 3.77. The Kier molecular flexibility index (Phi) is 5.75. The highest BCUT2D eigenvalue weighted by Gasteiger charge is 2.21. The third-order valence-electron chi connectivity index (χ3n) is 3.77. The Morgan fingerprint density at radius 1 is 1.12 bits per heavy atom. The first-order valence-electron chi connectivity index (χ1n) is 7.75. The average Bonchev–Trinajstić information content (AvgIpc) is 2.57. The van der Waals surface area contributed by atoms with Crippen LogP contribution in [0.15, 0.2) is 36.4 Å². The van der Waals surface area contributed by atoms with Gasteiger partial charge in [-0.15, -0.1) is 0 Å². The van der Waals surface area contributed by atoms with Crippen LogP contribution in [-0.2, 0) is 9.53 Å². The second kappa shape index (κ2) is 7.79. The van der Waals surface area contributed by atoms with Gasteiger partial charge in [0.25, 0.3) is 5.91 Å². The number of esters is 1. The molecule has 0 fully saturated rings. The van der Waals surface area contributed by atoms with Crippen LogP contribution in [0.25, 0.3) is 0 Å². The number of amides is 1. The molecule has 0 unspecified atom stereocenters. The molecule has 0 aromatic heterocycles. The van der Waals surface area contributed by atoms with Gasteiger partial charge in [-0.25, -0.2) is 9.18 Å². The van der Waals surface area contributed by atoms with Crippen molar-refractivity contribution in [1.82, 2.24) is 0 Å². The van der Waals surface area contributed by atoms with Crippen LogP contribution in [0.3, 0.4) is 0 Å². The lowest BCUT2D eigenvalue weighted by atomic mass is 10.1. The number of carbonyl (C=O) groups is 2. The Morgan fingerprint density at radius 2 is 1.76 bits per heavy atom. The lowest BCUT2D eigenvalue weighted by Gasteiger charge is -2.16. The average molecular weight is 345 g/mol. The van der Waals surface area contributed by atoms with Gasteiger partial charge in [0.05, 0.1) is 12.7 Å². The van der Waals surface area contributed by atoms with E-state index in [2.05, 4.69) is 5.32 Å². The van der Waals surface area contributed by atoms with Crippen LogP contribution in [0.2, 0.25) is 0 Å². The van der Waals surface area contributed by atoms with Crippen molar-refractivity contribution >= 4 is 17.6 Å². The summed E-state index contributed by atoms with van der Waals surface area (Å²) in [5, 5.41) is 2.75. The van der Waals surface area contributed by atoms with E-state index in [4.69, 9.17) is 9.47 Å². The predicted molar refractivity (Wildman–Crippen MR) is 92.4 cm³/mol. The van der Waals surface area contributed by atoms with Gasteiger partial charge >= 0.3 is 5.97 Å². The lowest BCUT2D eigenvalue weighted by molar-refractivity contribution is -0.123. The molecule has 0 bridgehead atoms. The Morgan fingerprint density at radius 3 is 2.32 bits per heavy atom. The number of halogens is 1. The number of hydrogen-bond donors (Lipinski definition) is 1. The van der Waals surface area contributed by atoms with Crippen molar-refractivity contribution in [3.05, 3.63) is 58.9 Å². The van der Waals surface area contributed by atoms with E-state index in [9.17, 15) is 14.0 Å². The largest absolute Gasteiger partial charge is 0.494 e. The molecule has 2 aromatic carbocycles. The van der Waals surface area contributed by atoms with Gasteiger partial charge in [0.1, 0.15) is 0 Å². The summed E-state index contributed by atoms with van der Waals surface area (Å²) in [7, 11) is 1.33. The molecule has 2 aromatic rings. The smallest absolute Gasteiger partial charge is 0.339 e. The first-order chi connectivity index (χ1) is 11.8. The lowest BCUT2D eigenvalue weighted by Crippen LogP contribution is -2.30. The van der Waals surface area contributed by atoms with Gasteiger partial charge in [0, 0.05) is 5.69 Å². The molecule has 0 spiro atoms. The maximum absolute atomic E-state index is 13.7. The summed E-state index contributed by atoms with van der Waals surface area (Å²) < 4.78 is 23.6. The zero-order valence-electron chi connectivity index (χ0n) is 14.6. The number of para-hydroxylation sites is 1. The molecular weight excluding hydrogens is 325 g/mol. The minimum atomic E-state index is -1.03. The van der Waals surface area contributed by atoms with E-state index in [1.807, 2.05) is 32.0 Å². The molecule has 5 nitrogen and oxygen atoms in total. The molecule has 2 rings (SSSR count). The number of hydrogen-bond acceptors (Lipinski definition) is 4. The van der Waals surface area contributed by atoms with Crippen molar-refractivity contribution in [2.45, 2.75) is 26.9 Å². The summed E-state index contributed by atoms with van der Waals surface area (Å²) >= 11 is 0. The summed E-state index contributed by atoms with van der Waals surface area (Å²) in [5.74, 6) is -1.90. The number of rotatable bonds is 5. The molecule has 0 radical (unpaired) electrons. The summed E-state index contributed by atoms with van der Waals surface area (Å²) in [6.07, 6.45) is -1.03. The van der Waals surface area contributed by atoms with Gasteiger partial charge in [-0.2, -0.15) is 0 Å². The highest BCUT2D eigenvalue weighted by Crippen LogP contribution is 2.21. The first-order valence-corrected chi connectivity index (χ1v) is 7.75. The van der Waals surface area contributed by atoms with Crippen LogP contribution < -0.4 is 10.1 Å². The van der Waals surface area contributed by atoms with Crippen LogP contribution in [0.4, 0.5) is 10.1 Å². The van der Waals surface area contributed by atoms with Gasteiger partial charge in [-0.1, -0.05) is 18.2 Å². The summed E-state index contributed by atoms with van der Waals surface area (Å²) in [5.41, 5.74) is 2.50. The normalized spacial score (nSPS) is 11.6. The van der Waals surface area contributed by atoms with E-state index in [1.165, 1.54) is 26.2 Å². The number of carbonyl (C=O) groups excluding carboxylic acids is 2. The zero-order chi connectivity index (χ0) is 18.6. The SMILES string of the molecule is COc1ccc(C(=O)O[C@@H](C)C(=O)Nc2c(C)cccc2C)cc1F. The predicted octanol–water partition coefficient (Wildman–Crippen LogP) is 3.64. The van der Waals surface area contributed by atoms with Gasteiger partial charge < -0.3 is 14.8 Å². The number of anilines is 1. The molecule has 0 saturated carbocycles. The maximum atomic E-state index is 13.7. The second-order valence-electron chi connectivity index (χ2n) is 5.65. The van der Waals surface area contributed by atoms with Crippen molar-refractivity contribution in [2.24, 2.45) is 0 Å². The van der Waals surface area contributed by atoms with Gasteiger partial charge in [0.15, 0.2) is 17.7 Å². The number of benzene rings is 2. The Balaban J connectivity index is 2.05. The molecule has 0 aliphatic carbocycles. The molecule has 6 heteroatoms. The fraction of sp³-hybridized carbons (Fsp3) is 0.263. The topological polar surface area (TPSA) is 64.6 Å². The maximum Gasteiger partial charge on any atom is 0.339 e. The Hall–Kier alpha value is -2.89. The summed E-state index contributed by atoms with van der Waals surface area (Å²) in [4.78, 5) is 24.4. The molecule has 1 atom stereocenters. The number of aryl methyl sites for hydroxylation is 2. The van der Waals surface area contributed by atoms with Gasteiger partial charge in [-0.05, 0) is 50.1 Å². The van der Waals surface area contributed by atoms with Gasteiger partial charge in [-0.3, -0.25) is 4.79 Å². The van der Waals surface area contributed by atoms with Crippen molar-refractivity contribution in [3.8, 4) is 5.75 Å². The quantitative estimate of drug-likeness (QED) is 0.841. The van der Waals surface area contributed by atoms with Crippen LogP contribution in [0.5, 0.6) is 5.75 Å². The first kappa shape index (κ1) is 18.4. The molecule has 0 saturated heterocycles. The minimum Gasteiger partial charge on any atom is -0.494 e. The number of ether oxygens (including phenoxy) is 2. The minimum absolute atomic E-state index is 0.00465. The number of nitrogens with one attached hydrogen (secondary N) is 1. The van der Waals surface area contributed by atoms with Crippen molar-refractivity contribution < 1.29 is 23.5 Å². The molecule has 0 aliphatic rings. The van der Waals surface area contributed by atoms with E-state index in [0.717, 1.165) is 17.2 Å². The van der Waals surface area contributed by atoms with Crippen molar-refractivity contribution in [3.63, 3.8) is 0 Å². The van der Waals surface area contributed by atoms with Crippen molar-refractivity contribution in [2.75, 3.05) is 12.4 Å². The molecule has 25 heavy (non-hydrogen) atoms. The molecule has 1 N–H and O–H groups in total. The van der Waals surface area contributed by atoms with Crippen LogP contribution in [-0.4, -0.2) is 25.1 Å². The van der Waals surface area contributed by atoms with Crippen LogP contribution in [0.1, 0.15) is 28.4 Å². The fourth-order valence-electron chi connectivity index (χ4n) is 2.31. The molecular formula is C19H20FNO4. The standard InChI is InChI=1S/C19H20FNO4/c1-11-6-5-7-12(2)17(11)21-18(22)13(3)25-19(23)14-8-9-16(24-4)15(20)10-14/h5-10,13H,1-4H3,(H,21,22)/t13-/m0/s1. The molecule has 1 amide bonds. The van der Waals surface area contributed by atoms with Gasteiger partial charge in [0.2, 0.25) is 0 Å². The fourth-order valence-corrected chi connectivity index (χ4v) is 2.31. The molecule has 0 aliphatic heterocycles. The second-order valence-corrected chi connectivity index (χ2v) is 5.65. The molecule has 0 heterocycles. The summed E-state index contributed by atoms with van der Waals surface area (Å²) in [6, 6.07) is 9.35. The number of methoxy groups -OCH3 is 1. The van der Waals surface area contributed by atoms with E-state index in [-0.39, 0.29) is 11.3 Å². The van der Waals surface area contributed by atoms with Crippen molar-refractivity contribution in [1.29, 1.82) is 0 Å². The zero-order valence-corrected chi connectivity index (χ0v) is 14.6. The molecule has 132 valence electrons. The van der Waals surface area contributed by atoms with E-state index >= 15 is 0 Å². The highest BCUT2D eigenvalue weighted by atomic mass is 19.1. The Labute approximate surface area is 145 Å². The van der Waals surface area contributed by atoms with E-state index in [1.54, 1.807) is 0 Å². The Bertz CT molecular complexity index is 784. The van der Waals surface area contributed by atoms with Crippen LogP contribution in [0, 0.1) is 19.7 Å². The third kappa shape index (κ3) is 4.35. The van der Waals surface area contributed by atoms with Crippen LogP contribution >= 0.6 is 0 Å². The highest BCUT2D eigenvalue weighted by molar-refractivity contribution is 5.98. The van der Waals surface area contributed by atoms with E-state index < -0.39 is 23.8 Å². The van der Waals surface area contributed by atoms with E-state index in [0.29, 0.717) is 5.69 Å².